The molecule has 2 N–H and O–H groups in total. The van der Waals surface area contributed by atoms with Gasteiger partial charge in [0.15, 0.2) is 0 Å². The van der Waals surface area contributed by atoms with Gasteiger partial charge in [-0.15, -0.1) is 0 Å². The Hall–Kier alpha value is -3.91. The number of methoxy groups -OCH3 is 1. The number of aromatic nitrogens is 4. The van der Waals surface area contributed by atoms with Crippen LogP contribution in [0.15, 0.2) is 61.1 Å². The summed E-state index contributed by atoms with van der Waals surface area (Å²) in [7, 11) is 1.61. The number of nitrogens with one attached hydrogen (secondary N) is 2. The molecule has 1 amide bonds. The quantitative estimate of drug-likeness (QED) is 0.357. The minimum Gasteiger partial charge on any atom is -0.494 e. The number of anilines is 3. The van der Waals surface area contributed by atoms with E-state index in [0.29, 0.717) is 29.1 Å². The summed E-state index contributed by atoms with van der Waals surface area (Å²) in [5.74, 6) is 1.68. The van der Waals surface area contributed by atoms with E-state index >= 15 is 0 Å². The molecule has 178 valence electrons. The van der Waals surface area contributed by atoms with Crippen LogP contribution < -0.4 is 15.4 Å². The van der Waals surface area contributed by atoms with Crippen molar-refractivity contribution in [3.63, 3.8) is 0 Å². The first-order valence-electron chi connectivity index (χ1n) is 11.5. The summed E-state index contributed by atoms with van der Waals surface area (Å²) >= 11 is 5.98. The molecule has 0 saturated carbocycles. The van der Waals surface area contributed by atoms with Gasteiger partial charge in [-0.05, 0) is 30.5 Å². The van der Waals surface area contributed by atoms with Gasteiger partial charge in [0.25, 0.3) is 0 Å². The predicted octanol–water partition coefficient (Wildman–Crippen LogP) is 5.49. The number of carbonyl (C=O) groups excluding carboxylic acids is 1. The summed E-state index contributed by atoms with van der Waals surface area (Å²) in [5, 5.41) is 6.66. The Bertz CT molecular complexity index is 1370. The molecule has 1 aliphatic rings. The van der Waals surface area contributed by atoms with Crippen molar-refractivity contribution in [2.24, 2.45) is 0 Å². The number of amides is 1. The number of rotatable bonds is 7. The second-order valence-corrected chi connectivity index (χ2v) is 8.67. The lowest BCUT2D eigenvalue weighted by atomic mass is 9.97. The van der Waals surface area contributed by atoms with Crippen molar-refractivity contribution in [2.75, 3.05) is 17.7 Å². The molecule has 0 saturated heterocycles. The van der Waals surface area contributed by atoms with Crippen molar-refractivity contribution >= 4 is 35.0 Å². The molecule has 2 aromatic carbocycles. The molecule has 8 nitrogen and oxygen atoms in total. The summed E-state index contributed by atoms with van der Waals surface area (Å²) in [6.45, 7) is 1.82. The van der Waals surface area contributed by atoms with Crippen LogP contribution in [0.1, 0.15) is 42.5 Å². The summed E-state index contributed by atoms with van der Waals surface area (Å²) in [6, 6.07) is 16.0. The maximum Gasteiger partial charge on any atom is 0.229 e. The topological polar surface area (TPSA) is 94.0 Å². The van der Waals surface area contributed by atoms with Crippen molar-refractivity contribution in [2.45, 2.75) is 32.1 Å². The van der Waals surface area contributed by atoms with Gasteiger partial charge in [-0.3, -0.25) is 4.79 Å². The average molecular weight is 489 g/mol. The number of nitrogens with zero attached hydrogens (tertiary/aromatic N) is 4. The van der Waals surface area contributed by atoms with E-state index in [1.165, 1.54) is 5.56 Å². The molecule has 0 radical (unpaired) electrons. The average Bonchev–Trinajstić information content (AvgIpc) is 3.51. The Morgan fingerprint density at radius 1 is 1.20 bits per heavy atom. The van der Waals surface area contributed by atoms with Crippen LogP contribution in [0.5, 0.6) is 5.75 Å². The molecular formula is C26H25ClN6O2. The minimum absolute atomic E-state index is 0.0787. The molecule has 4 aromatic rings. The molecule has 1 aliphatic carbocycles. The van der Waals surface area contributed by atoms with Gasteiger partial charge in [0.1, 0.15) is 23.0 Å². The van der Waals surface area contributed by atoms with E-state index in [-0.39, 0.29) is 11.8 Å². The molecule has 9 heteroatoms. The SMILES string of the molecule is CCC(=O)Nc1nc(Nc2ccc(-n3cnc(Cl)c3)c(OC)c2)nc2c1CCC2c1ccccc1. The van der Waals surface area contributed by atoms with E-state index in [2.05, 4.69) is 32.7 Å². The van der Waals surface area contributed by atoms with Gasteiger partial charge in [-0.2, -0.15) is 4.98 Å². The van der Waals surface area contributed by atoms with Crippen molar-refractivity contribution in [1.82, 2.24) is 19.5 Å². The first kappa shape index (κ1) is 22.9. The van der Waals surface area contributed by atoms with Gasteiger partial charge in [0, 0.05) is 35.9 Å². The Kier molecular flexibility index (Phi) is 6.37. The second kappa shape index (κ2) is 9.76. The molecule has 0 fully saturated rings. The van der Waals surface area contributed by atoms with E-state index in [4.69, 9.17) is 21.3 Å². The molecule has 1 unspecified atom stereocenters. The van der Waals surface area contributed by atoms with Gasteiger partial charge in [0.05, 0.1) is 18.5 Å². The Morgan fingerprint density at radius 2 is 2.03 bits per heavy atom. The largest absolute Gasteiger partial charge is 0.494 e. The maximum absolute atomic E-state index is 12.2. The van der Waals surface area contributed by atoms with Crippen molar-refractivity contribution in [3.05, 3.63) is 83.0 Å². The predicted molar refractivity (Wildman–Crippen MR) is 136 cm³/mol. The summed E-state index contributed by atoms with van der Waals surface area (Å²) < 4.78 is 7.39. The van der Waals surface area contributed by atoms with E-state index < -0.39 is 0 Å². The minimum atomic E-state index is -0.0787. The smallest absolute Gasteiger partial charge is 0.229 e. The molecule has 2 aromatic heterocycles. The molecule has 1 atom stereocenters. The van der Waals surface area contributed by atoms with Crippen LogP contribution in [-0.4, -0.2) is 32.5 Å². The van der Waals surface area contributed by atoms with Crippen LogP contribution in [0.25, 0.3) is 5.69 Å². The maximum atomic E-state index is 12.2. The normalized spacial score (nSPS) is 14.4. The zero-order valence-corrected chi connectivity index (χ0v) is 20.2. The number of carbonyl (C=O) groups is 1. The lowest BCUT2D eigenvalue weighted by Crippen LogP contribution is -2.15. The number of ether oxygens (including phenoxy) is 1. The van der Waals surface area contributed by atoms with E-state index in [1.807, 2.05) is 43.3 Å². The van der Waals surface area contributed by atoms with Gasteiger partial charge < -0.3 is 19.9 Å². The Morgan fingerprint density at radius 3 is 2.74 bits per heavy atom. The molecule has 2 heterocycles. The van der Waals surface area contributed by atoms with Crippen LogP contribution in [-0.2, 0) is 11.2 Å². The fourth-order valence-electron chi connectivity index (χ4n) is 4.38. The zero-order chi connectivity index (χ0) is 24.4. The number of hydrogen-bond donors (Lipinski definition) is 2. The van der Waals surface area contributed by atoms with E-state index in [0.717, 1.165) is 35.5 Å². The van der Waals surface area contributed by atoms with E-state index in [9.17, 15) is 4.79 Å². The number of hydrogen-bond acceptors (Lipinski definition) is 6. The molecule has 0 aliphatic heterocycles. The van der Waals surface area contributed by atoms with Crippen LogP contribution in [0, 0.1) is 0 Å². The standard InChI is InChI=1S/C26H25ClN6O2/c1-3-23(34)30-25-19-11-10-18(16-7-5-4-6-8-16)24(19)31-26(32-25)29-17-9-12-20(21(13-17)35-2)33-14-22(27)28-15-33/h4-9,12-15,18H,3,10-11H2,1-2H3,(H2,29,30,31,32,34). The Labute approximate surface area is 208 Å². The molecule has 5 rings (SSSR count). The fourth-order valence-corrected chi connectivity index (χ4v) is 4.53. The van der Waals surface area contributed by atoms with Gasteiger partial charge in [-0.25, -0.2) is 9.97 Å². The first-order chi connectivity index (χ1) is 17.1. The Balaban J connectivity index is 1.51. The first-order valence-corrected chi connectivity index (χ1v) is 11.8. The third-order valence-corrected chi connectivity index (χ3v) is 6.29. The third kappa shape index (κ3) is 4.70. The summed E-state index contributed by atoms with van der Waals surface area (Å²) in [5.41, 5.74) is 4.69. The van der Waals surface area contributed by atoms with Crippen LogP contribution >= 0.6 is 11.6 Å². The monoisotopic (exact) mass is 488 g/mol. The van der Waals surface area contributed by atoms with Crippen molar-refractivity contribution in [3.8, 4) is 11.4 Å². The van der Waals surface area contributed by atoms with Crippen molar-refractivity contribution < 1.29 is 9.53 Å². The number of benzene rings is 2. The zero-order valence-electron chi connectivity index (χ0n) is 19.5. The number of halogens is 1. The molecule has 35 heavy (non-hydrogen) atoms. The molecular weight excluding hydrogens is 464 g/mol. The van der Waals surface area contributed by atoms with Crippen LogP contribution in [0.3, 0.4) is 0 Å². The van der Waals surface area contributed by atoms with Gasteiger partial charge >= 0.3 is 0 Å². The fraction of sp³-hybridized carbons (Fsp3) is 0.231. The van der Waals surface area contributed by atoms with Gasteiger partial charge in [-0.1, -0.05) is 48.9 Å². The highest BCUT2D eigenvalue weighted by molar-refractivity contribution is 6.29. The molecule has 0 bridgehead atoms. The summed E-state index contributed by atoms with van der Waals surface area (Å²) in [6.07, 6.45) is 5.44. The number of imidazole rings is 1. The highest BCUT2D eigenvalue weighted by Crippen LogP contribution is 2.40. The number of fused-ring (bicyclic) bond motifs is 1. The van der Waals surface area contributed by atoms with Crippen molar-refractivity contribution in [1.29, 1.82) is 0 Å². The van der Waals surface area contributed by atoms with Gasteiger partial charge in [0.2, 0.25) is 11.9 Å². The third-order valence-electron chi connectivity index (χ3n) is 6.10. The lowest BCUT2D eigenvalue weighted by molar-refractivity contribution is -0.115. The van der Waals surface area contributed by atoms with Crippen LogP contribution in [0.2, 0.25) is 5.15 Å². The highest BCUT2D eigenvalue weighted by atomic mass is 35.5. The second-order valence-electron chi connectivity index (χ2n) is 8.28. The highest BCUT2D eigenvalue weighted by Gasteiger charge is 2.30. The van der Waals surface area contributed by atoms with Crippen LogP contribution in [0.4, 0.5) is 17.5 Å². The van der Waals surface area contributed by atoms with E-state index in [1.54, 1.807) is 24.2 Å². The lowest BCUT2D eigenvalue weighted by Gasteiger charge is -2.16. The summed E-state index contributed by atoms with van der Waals surface area (Å²) in [4.78, 5) is 25.9. The molecule has 0 spiro atoms.